The van der Waals surface area contributed by atoms with Crippen LogP contribution < -0.4 is 9.46 Å². The molecule has 5 heteroatoms. The Morgan fingerprint density at radius 1 is 1.39 bits per heavy atom. The SMILES string of the molecule is C#CCC(CC)NS(=O)(=O)c1ccc(OC)cc1. The van der Waals surface area contributed by atoms with Crippen LogP contribution in [0.3, 0.4) is 0 Å². The molecule has 1 unspecified atom stereocenters. The highest BCUT2D eigenvalue weighted by atomic mass is 32.2. The van der Waals surface area contributed by atoms with Crippen LogP contribution in [0.25, 0.3) is 0 Å². The molecule has 0 aromatic heterocycles. The summed E-state index contributed by atoms with van der Waals surface area (Å²) in [6.45, 7) is 1.89. The minimum Gasteiger partial charge on any atom is -0.497 e. The van der Waals surface area contributed by atoms with Crippen molar-refractivity contribution in [3.05, 3.63) is 24.3 Å². The summed E-state index contributed by atoms with van der Waals surface area (Å²) in [5, 5.41) is 0. The number of nitrogens with one attached hydrogen (secondary N) is 1. The molecule has 1 rings (SSSR count). The highest BCUT2D eigenvalue weighted by Gasteiger charge is 2.18. The Labute approximate surface area is 108 Å². The van der Waals surface area contributed by atoms with Crippen LogP contribution in [-0.2, 0) is 10.0 Å². The molecule has 0 fully saturated rings. The number of hydrogen-bond acceptors (Lipinski definition) is 3. The summed E-state index contributed by atoms with van der Waals surface area (Å²) in [6.07, 6.45) is 6.23. The Hall–Kier alpha value is -1.51. The average molecular weight is 267 g/mol. The summed E-state index contributed by atoms with van der Waals surface area (Å²) >= 11 is 0. The van der Waals surface area contributed by atoms with Crippen LogP contribution in [-0.4, -0.2) is 21.6 Å². The van der Waals surface area contributed by atoms with Crippen molar-refractivity contribution in [2.24, 2.45) is 0 Å². The third-order valence-corrected chi connectivity index (χ3v) is 4.09. The molecule has 4 nitrogen and oxygen atoms in total. The third kappa shape index (κ3) is 3.76. The van der Waals surface area contributed by atoms with Gasteiger partial charge in [-0.15, -0.1) is 12.3 Å². The highest BCUT2D eigenvalue weighted by Crippen LogP contribution is 2.16. The first-order valence-corrected chi connectivity index (χ1v) is 7.11. The zero-order chi connectivity index (χ0) is 13.6. The first-order chi connectivity index (χ1) is 8.53. The highest BCUT2D eigenvalue weighted by molar-refractivity contribution is 7.89. The van der Waals surface area contributed by atoms with E-state index < -0.39 is 10.0 Å². The first-order valence-electron chi connectivity index (χ1n) is 5.63. The van der Waals surface area contributed by atoms with Crippen molar-refractivity contribution in [1.82, 2.24) is 4.72 Å². The van der Waals surface area contributed by atoms with Crippen LogP contribution in [0.2, 0.25) is 0 Å². The van der Waals surface area contributed by atoms with E-state index in [1.54, 1.807) is 12.1 Å². The molecule has 0 heterocycles. The van der Waals surface area contributed by atoms with Crippen molar-refractivity contribution >= 4 is 10.0 Å². The number of sulfonamides is 1. The molecule has 98 valence electrons. The molecule has 0 radical (unpaired) electrons. The molecule has 1 atom stereocenters. The molecule has 0 bridgehead atoms. The van der Waals surface area contributed by atoms with Gasteiger partial charge >= 0.3 is 0 Å². The van der Waals surface area contributed by atoms with Gasteiger partial charge in [-0.1, -0.05) is 6.92 Å². The van der Waals surface area contributed by atoms with Gasteiger partial charge < -0.3 is 4.74 Å². The quantitative estimate of drug-likeness (QED) is 0.799. The van der Waals surface area contributed by atoms with Gasteiger partial charge in [0.1, 0.15) is 5.75 Å². The Kier molecular flexibility index (Phi) is 5.20. The molecule has 1 aromatic carbocycles. The average Bonchev–Trinajstić information content (AvgIpc) is 2.38. The van der Waals surface area contributed by atoms with Gasteiger partial charge in [0.25, 0.3) is 0 Å². The van der Waals surface area contributed by atoms with Gasteiger partial charge in [-0.25, -0.2) is 13.1 Å². The molecule has 0 aliphatic rings. The van der Waals surface area contributed by atoms with E-state index in [1.165, 1.54) is 19.2 Å². The Morgan fingerprint density at radius 2 is 2.00 bits per heavy atom. The molecule has 1 N–H and O–H groups in total. The second kappa shape index (κ2) is 6.43. The molecular weight excluding hydrogens is 250 g/mol. The molecular formula is C13H17NO3S. The summed E-state index contributed by atoms with van der Waals surface area (Å²) in [5.41, 5.74) is 0. The molecule has 0 aliphatic heterocycles. The maximum atomic E-state index is 12.1. The number of methoxy groups -OCH3 is 1. The lowest BCUT2D eigenvalue weighted by Crippen LogP contribution is -2.34. The van der Waals surface area contributed by atoms with E-state index in [2.05, 4.69) is 10.6 Å². The number of rotatable bonds is 6. The fraction of sp³-hybridized carbons (Fsp3) is 0.385. The fourth-order valence-corrected chi connectivity index (χ4v) is 2.77. The Balaban J connectivity index is 2.88. The summed E-state index contributed by atoms with van der Waals surface area (Å²) in [4.78, 5) is 0.207. The van der Waals surface area contributed by atoms with E-state index in [0.717, 1.165) is 0 Å². The Morgan fingerprint density at radius 3 is 2.44 bits per heavy atom. The zero-order valence-electron chi connectivity index (χ0n) is 10.5. The predicted molar refractivity (Wildman–Crippen MR) is 70.8 cm³/mol. The lowest BCUT2D eigenvalue weighted by molar-refractivity contribution is 0.414. The summed E-state index contributed by atoms with van der Waals surface area (Å²) in [6, 6.07) is 5.99. The topological polar surface area (TPSA) is 55.4 Å². The maximum absolute atomic E-state index is 12.1. The van der Waals surface area contributed by atoms with Crippen molar-refractivity contribution in [3.63, 3.8) is 0 Å². The number of hydrogen-bond donors (Lipinski definition) is 1. The van der Waals surface area contributed by atoms with E-state index in [0.29, 0.717) is 18.6 Å². The largest absolute Gasteiger partial charge is 0.497 e. The standard InChI is InChI=1S/C13H17NO3S/c1-4-6-11(5-2)14-18(15,16)13-9-7-12(17-3)8-10-13/h1,7-11,14H,5-6H2,2-3H3. The van der Waals surface area contributed by atoms with Crippen molar-refractivity contribution < 1.29 is 13.2 Å². The lowest BCUT2D eigenvalue weighted by Gasteiger charge is -2.14. The van der Waals surface area contributed by atoms with E-state index in [-0.39, 0.29) is 10.9 Å². The second-order valence-electron chi connectivity index (χ2n) is 3.81. The number of terminal acetylenes is 1. The van der Waals surface area contributed by atoms with Crippen LogP contribution in [0.15, 0.2) is 29.2 Å². The minimum absolute atomic E-state index is 0.207. The molecule has 0 aliphatic carbocycles. The van der Waals surface area contributed by atoms with Gasteiger partial charge in [-0.05, 0) is 30.7 Å². The normalized spacial score (nSPS) is 12.7. The van der Waals surface area contributed by atoms with Crippen molar-refractivity contribution in [2.45, 2.75) is 30.7 Å². The van der Waals surface area contributed by atoms with Gasteiger partial charge in [-0.3, -0.25) is 0 Å². The van der Waals surface area contributed by atoms with Crippen LogP contribution >= 0.6 is 0 Å². The van der Waals surface area contributed by atoms with E-state index in [4.69, 9.17) is 11.2 Å². The van der Waals surface area contributed by atoms with E-state index in [9.17, 15) is 8.42 Å². The zero-order valence-corrected chi connectivity index (χ0v) is 11.3. The van der Waals surface area contributed by atoms with E-state index in [1.807, 2.05) is 6.92 Å². The predicted octanol–water partition coefficient (Wildman–Crippen LogP) is 1.78. The van der Waals surface area contributed by atoms with Gasteiger partial charge in [-0.2, -0.15) is 0 Å². The molecule has 0 saturated heterocycles. The van der Waals surface area contributed by atoms with Gasteiger partial charge in [0.05, 0.1) is 12.0 Å². The van der Waals surface area contributed by atoms with Gasteiger partial charge in [0.2, 0.25) is 10.0 Å². The lowest BCUT2D eigenvalue weighted by atomic mass is 10.2. The molecule has 0 spiro atoms. The van der Waals surface area contributed by atoms with Crippen LogP contribution in [0.1, 0.15) is 19.8 Å². The smallest absolute Gasteiger partial charge is 0.240 e. The van der Waals surface area contributed by atoms with Crippen molar-refractivity contribution in [3.8, 4) is 18.1 Å². The monoisotopic (exact) mass is 267 g/mol. The number of benzene rings is 1. The molecule has 18 heavy (non-hydrogen) atoms. The summed E-state index contributed by atoms with van der Waals surface area (Å²) in [5.74, 6) is 3.08. The summed E-state index contributed by atoms with van der Waals surface area (Å²) < 4.78 is 31.7. The van der Waals surface area contributed by atoms with E-state index >= 15 is 0 Å². The minimum atomic E-state index is -3.52. The molecule has 0 saturated carbocycles. The van der Waals surface area contributed by atoms with Crippen molar-refractivity contribution in [2.75, 3.05) is 7.11 Å². The first kappa shape index (κ1) is 14.6. The third-order valence-electron chi connectivity index (χ3n) is 2.55. The van der Waals surface area contributed by atoms with Gasteiger partial charge in [0.15, 0.2) is 0 Å². The van der Waals surface area contributed by atoms with Crippen LogP contribution in [0.4, 0.5) is 0 Å². The van der Waals surface area contributed by atoms with Crippen LogP contribution in [0, 0.1) is 12.3 Å². The Bertz CT molecular complexity index is 514. The maximum Gasteiger partial charge on any atom is 0.240 e. The van der Waals surface area contributed by atoms with Gasteiger partial charge in [0, 0.05) is 12.5 Å². The molecule has 0 amide bonds. The number of ether oxygens (including phenoxy) is 1. The van der Waals surface area contributed by atoms with Crippen LogP contribution in [0.5, 0.6) is 5.75 Å². The van der Waals surface area contributed by atoms with Crippen molar-refractivity contribution in [1.29, 1.82) is 0 Å². The summed E-state index contributed by atoms with van der Waals surface area (Å²) in [7, 11) is -1.99. The second-order valence-corrected chi connectivity index (χ2v) is 5.52. The fourth-order valence-electron chi connectivity index (χ4n) is 1.45. The molecule has 1 aromatic rings.